The molecule has 0 aliphatic carbocycles. The molecule has 13 nitrogen and oxygen atoms in total. The van der Waals surface area contributed by atoms with E-state index in [2.05, 4.69) is 16.0 Å². The van der Waals surface area contributed by atoms with Gasteiger partial charge in [0.25, 0.3) is 0 Å². The van der Waals surface area contributed by atoms with Gasteiger partial charge in [0.2, 0.25) is 11.8 Å². The molecule has 10 N–H and O–H groups in total. The third kappa shape index (κ3) is 12.6. The Labute approximate surface area is 277 Å². The molecule has 13 heteroatoms. The number of amides is 2. The van der Waals surface area contributed by atoms with E-state index in [4.69, 9.17) is 16.2 Å². The molecule has 7 atom stereocenters. The Balaban J connectivity index is 1.76. The first-order chi connectivity index (χ1) is 22.5. The lowest BCUT2D eigenvalue weighted by molar-refractivity contribution is -0.163. The summed E-state index contributed by atoms with van der Waals surface area (Å²) in [4.78, 5) is 40.1. The van der Waals surface area contributed by atoms with Crippen molar-refractivity contribution in [3.63, 3.8) is 0 Å². The number of carboxylic acids is 1. The second-order valence-electron chi connectivity index (χ2n) is 12.5. The molecular formula is C34H52N6O7. The molecule has 1 saturated heterocycles. The molecule has 1 heterocycles. The van der Waals surface area contributed by atoms with Gasteiger partial charge in [0.15, 0.2) is 6.10 Å². The van der Waals surface area contributed by atoms with Gasteiger partial charge in [-0.25, -0.2) is 4.79 Å². The number of hydrogen-bond acceptors (Lipinski definition) is 10. The van der Waals surface area contributed by atoms with Crippen molar-refractivity contribution in [3.05, 3.63) is 71.8 Å². The molecule has 47 heavy (non-hydrogen) atoms. The van der Waals surface area contributed by atoms with Gasteiger partial charge in [0.1, 0.15) is 12.5 Å². The predicted octanol–water partition coefficient (Wildman–Crippen LogP) is -0.0659. The van der Waals surface area contributed by atoms with Gasteiger partial charge >= 0.3 is 5.97 Å². The number of benzene rings is 2. The van der Waals surface area contributed by atoms with Crippen molar-refractivity contribution in [2.45, 2.75) is 88.7 Å². The minimum absolute atomic E-state index is 0.0366. The van der Waals surface area contributed by atoms with Crippen LogP contribution in [-0.2, 0) is 32.0 Å². The van der Waals surface area contributed by atoms with Gasteiger partial charge < -0.3 is 42.2 Å². The zero-order valence-corrected chi connectivity index (χ0v) is 27.3. The van der Waals surface area contributed by atoms with Crippen molar-refractivity contribution in [3.8, 4) is 0 Å². The van der Waals surface area contributed by atoms with Gasteiger partial charge in [-0.2, -0.15) is 0 Å². The van der Waals surface area contributed by atoms with Gasteiger partial charge in [-0.1, -0.05) is 74.5 Å². The fraction of sp³-hybridized carbons (Fsp3) is 0.559. The van der Waals surface area contributed by atoms with E-state index in [0.29, 0.717) is 38.8 Å². The number of carboxylic acid groups (broad SMARTS) is 1. The van der Waals surface area contributed by atoms with Crippen molar-refractivity contribution >= 4 is 17.8 Å². The average Bonchev–Trinajstić information content (AvgIpc) is 3.06. The first kappa shape index (κ1) is 38.0. The Hall–Kier alpha value is -3.43. The Morgan fingerprint density at radius 3 is 2.11 bits per heavy atom. The van der Waals surface area contributed by atoms with Crippen LogP contribution < -0.4 is 27.4 Å². The van der Waals surface area contributed by atoms with Crippen molar-refractivity contribution in [1.29, 1.82) is 0 Å². The van der Waals surface area contributed by atoms with Gasteiger partial charge in [0, 0.05) is 13.1 Å². The number of aliphatic hydroxyl groups excluding tert-OH is 2. The standard InChI is InChI=1S/C34H52N6O7/c1-22(2)18-27(31(42)37-26(14-9-15-35)33(44)40-16-17-47-29(21-40)34(45)46)39-32(43)28(20-24-12-7-4-8-13-24)38-30(41)25(36)19-23-10-5-3-6-11-23/h3-8,10-13,22,25-29,32-33,39,43-44H,9,14-21,35-36H2,1-2H3,(H,37,42)(H,38,41)(H,45,46)/t25-,26-,27-,28-,29?,32?,33?/m1/s1. The highest BCUT2D eigenvalue weighted by Crippen LogP contribution is 2.16. The molecule has 0 aromatic heterocycles. The lowest BCUT2D eigenvalue weighted by atomic mass is 9.99. The number of nitrogens with one attached hydrogen (secondary N) is 3. The molecule has 0 radical (unpaired) electrons. The number of carbonyl (C=O) groups excluding carboxylic acids is 2. The molecule has 2 aromatic rings. The third-order valence-electron chi connectivity index (χ3n) is 8.19. The van der Waals surface area contributed by atoms with Crippen LogP contribution in [0.2, 0.25) is 0 Å². The first-order valence-electron chi connectivity index (χ1n) is 16.3. The molecule has 0 spiro atoms. The smallest absolute Gasteiger partial charge is 0.334 e. The molecule has 260 valence electrons. The van der Waals surface area contributed by atoms with Gasteiger partial charge in [-0.3, -0.25) is 19.8 Å². The molecule has 1 fully saturated rings. The molecule has 2 aromatic carbocycles. The van der Waals surface area contributed by atoms with Crippen LogP contribution >= 0.6 is 0 Å². The molecule has 1 aliphatic heterocycles. The fourth-order valence-electron chi connectivity index (χ4n) is 5.63. The largest absolute Gasteiger partial charge is 0.479 e. The Morgan fingerprint density at radius 2 is 1.53 bits per heavy atom. The highest BCUT2D eigenvalue weighted by molar-refractivity contribution is 5.83. The molecule has 3 rings (SSSR count). The summed E-state index contributed by atoms with van der Waals surface area (Å²) in [5, 5.41) is 41.0. The van der Waals surface area contributed by atoms with Crippen molar-refractivity contribution in [1.82, 2.24) is 20.9 Å². The zero-order chi connectivity index (χ0) is 34.3. The monoisotopic (exact) mass is 656 g/mol. The first-order valence-corrected chi connectivity index (χ1v) is 16.3. The summed E-state index contributed by atoms with van der Waals surface area (Å²) in [6.45, 7) is 4.60. The van der Waals surface area contributed by atoms with Crippen LogP contribution in [0.4, 0.5) is 0 Å². The maximum atomic E-state index is 13.8. The number of carbonyl (C=O) groups is 3. The summed E-state index contributed by atoms with van der Waals surface area (Å²) in [5.74, 6) is -1.96. The lowest BCUT2D eigenvalue weighted by Crippen LogP contribution is -2.62. The average molecular weight is 657 g/mol. The summed E-state index contributed by atoms with van der Waals surface area (Å²) in [6, 6.07) is 15.5. The SMILES string of the molecule is CC(C)C[C@@H](NC(O)[C@@H](Cc1ccccc1)NC(=O)[C@H](N)Cc1ccccc1)C(=O)N[C@H](CCCN)C(O)N1CCOC(C(=O)O)C1. The molecular weight excluding hydrogens is 604 g/mol. The predicted molar refractivity (Wildman–Crippen MR) is 178 cm³/mol. The normalized spacial score (nSPS) is 19.3. The van der Waals surface area contributed by atoms with Crippen molar-refractivity contribution in [2.24, 2.45) is 17.4 Å². The van der Waals surface area contributed by atoms with E-state index in [9.17, 15) is 29.7 Å². The third-order valence-corrected chi connectivity index (χ3v) is 8.19. The highest BCUT2D eigenvalue weighted by atomic mass is 16.5. The lowest BCUT2D eigenvalue weighted by Gasteiger charge is -2.38. The van der Waals surface area contributed by atoms with Crippen LogP contribution in [0.3, 0.4) is 0 Å². The Kier molecular flexibility index (Phi) is 15.7. The number of hydrogen-bond donors (Lipinski definition) is 8. The second kappa shape index (κ2) is 19.4. The molecule has 3 unspecified atom stereocenters. The number of morpholine rings is 1. The second-order valence-corrected chi connectivity index (χ2v) is 12.5. The molecule has 0 saturated carbocycles. The van der Waals surface area contributed by atoms with E-state index in [-0.39, 0.29) is 25.5 Å². The van der Waals surface area contributed by atoms with Crippen molar-refractivity contribution < 1.29 is 34.4 Å². The van der Waals surface area contributed by atoms with E-state index in [0.717, 1.165) is 11.1 Å². The van der Waals surface area contributed by atoms with Crippen LogP contribution in [-0.4, -0.2) is 107 Å². The maximum Gasteiger partial charge on any atom is 0.334 e. The van der Waals surface area contributed by atoms with Crippen molar-refractivity contribution in [2.75, 3.05) is 26.2 Å². The van der Waals surface area contributed by atoms with Gasteiger partial charge in [0.05, 0.1) is 30.8 Å². The summed E-state index contributed by atoms with van der Waals surface area (Å²) in [7, 11) is 0. The number of aliphatic hydroxyl groups is 2. The molecule has 2 amide bonds. The fourth-order valence-corrected chi connectivity index (χ4v) is 5.63. The zero-order valence-electron chi connectivity index (χ0n) is 27.3. The summed E-state index contributed by atoms with van der Waals surface area (Å²) >= 11 is 0. The van der Waals surface area contributed by atoms with Crippen LogP contribution in [0.1, 0.15) is 44.2 Å². The van der Waals surface area contributed by atoms with Crippen LogP contribution in [0.15, 0.2) is 60.7 Å². The van der Waals surface area contributed by atoms with E-state index in [1.165, 1.54) is 0 Å². The summed E-state index contributed by atoms with van der Waals surface area (Å²) in [6.07, 6.45) is -1.81. The number of nitrogens with zero attached hydrogens (tertiary/aromatic N) is 1. The van der Waals surface area contributed by atoms with Gasteiger partial charge in [-0.15, -0.1) is 0 Å². The number of rotatable bonds is 19. The minimum atomic E-state index is -1.33. The summed E-state index contributed by atoms with van der Waals surface area (Å²) < 4.78 is 5.29. The molecule has 0 bridgehead atoms. The minimum Gasteiger partial charge on any atom is -0.479 e. The van der Waals surface area contributed by atoms with E-state index >= 15 is 0 Å². The number of ether oxygens (including phenoxy) is 1. The van der Waals surface area contributed by atoms with E-state index in [1.54, 1.807) is 4.90 Å². The Morgan fingerprint density at radius 1 is 0.936 bits per heavy atom. The maximum absolute atomic E-state index is 13.8. The topological polar surface area (TPSA) is 212 Å². The van der Waals surface area contributed by atoms with Crippen LogP contribution in [0, 0.1) is 5.92 Å². The molecule has 1 aliphatic rings. The summed E-state index contributed by atoms with van der Waals surface area (Å²) in [5.41, 5.74) is 13.8. The van der Waals surface area contributed by atoms with Crippen LogP contribution in [0.5, 0.6) is 0 Å². The number of aliphatic carboxylic acids is 1. The number of nitrogens with two attached hydrogens (primary N) is 2. The Bertz CT molecular complexity index is 1240. The van der Waals surface area contributed by atoms with Crippen LogP contribution in [0.25, 0.3) is 0 Å². The quantitative estimate of drug-likeness (QED) is 0.0938. The highest BCUT2D eigenvalue weighted by Gasteiger charge is 2.36. The van der Waals surface area contributed by atoms with E-state index < -0.39 is 60.5 Å². The van der Waals surface area contributed by atoms with E-state index in [1.807, 2.05) is 74.5 Å². The van der Waals surface area contributed by atoms with Gasteiger partial charge in [-0.05, 0) is 55.7 Å².